The molecule has 1 aliphatic heterocycles. The van der Waals surface area contributed by atoms with Crippen molar-refractivity contribution < 1.29 is 18.3 Å². The zero-order valence-electron chi connectivity index (χ0n) is 17.0. The second-order valence-electron chi connectivity index (χ2n) is 9.29. The molecule has 0 atom stereocenters. The molecule has 0 amide bonds. The summed E-state index contributed by atoms with van der Waals surface area (Å²) in [6, 6.07) is 0. The summed E-state index contributed by atoms with van der Waals surface area (Å²) in [6.07, 6.45) is 14.8. The van der Waals surface area contributed by atoms with Crippen LogP contribution in [0.15, 0.2) is 12.2 Å². The standard InChI is InChI=1S/C23H38F2O2/c1-2-3-17-4-6-18(7-5-17)8-9-19-10-12-20(13-11-19)21-15-26-23(27-16-21)14-22(24)25/h14,17-21,23H,2-13,15-16H2,1H3. The molecule has 2 aliphatic carbocycles. The summed E-state index contributed by atoms with van der Waals surface area (Å²) in [4.78, 5) is 0. The summed E-state index contributed by atoms with van der Waals surface area (Å²) < 4.78 is 35.5. The van der Waals surface area contributed by atoms with Crippen LogP contribution in [-0.2, 0) is 9.47 Å². The molecule has 156 valence electrons. The van der Waals surface area contributed by atoms with Gasteiger partial charge in [-0.25, -0.2) is 0 Å². The van der Waals surface area contributed by atoms with E-state index in [0.29, 0.717) is 25.0 Å². The molecule has 4 heteroatoms. The lowest BCUT2D eigenvalue weighted by atomic mass is 9.72. The first-order valence-corrected chi connectivity index (χ1v) is 11.4. The number of hydrogen-bond acceptors (Lipinski definition) is 2. The van der Waals surface area contributed by atoms with Crippen LogP contribution in [0.2, 0.25) is 0 Å². The summed E-state index contributed by atoms with van der Waals surface area (Å²) in [5.41, 5.74) is 0. The van der Waals surface area contributed by atoms with Crippen molar-refractivity contribution in [3.05, 3.63) is 12.2 Å². The molecule has 3 fully saturated rings. The minimum absolute atomic E-state index is 0.382. The molecule has 1 heterocycles. The van der Waals surface area contributed by atoms with Gasteiger partial charge in [0, 0.05) is 12.0 Å². The Morgan fingerprint density at radius 3 is 1.70 bits per heavy atom. The molecule has 0 aromatic heterocycles. The van der Waals surface area contributed by atoms with Crippen LogP contribution in [-0.4, -0.2) is 19.5 Å². The highest BCUT2D eigenvalue weighted by Gasteiger charge is 2.32. The van der Waals surface area contributed by atoms with Crippen LogP contribution >= 0.6 is 0 Å². The summed E-state index contributed by atoms with van der Waals surface area (Å²) in [5, 5.41) is 0. The van der Waals surface area contributed by atoms with E-state index in [1.54, 1.807) is 0 Å². The summed E-state index contributed by atoms with van der Waals surface area (Å²) >= 11 is 0. The Bertz CT molecular complexity index is 439. The van der Waals surface area contributed by atoms with Crippen molar-refractivity contribution in [2.45, 2.75) is 90.3 Å². The first kappa shape index (κ1) is 21.2. The molecule has 27 heavy (non-hydrogen) atoms. The minimum Gasteiger partial charge on any atom is -0.348 e. The van der Waals surface area contributed by atoms with E-state index in [4.69, 9.17) is 9.47 Å². The van der Waals surface area contributed by atoms with Gasteiger partial charge in [0.05, 0.1) is 13.2 Å². The Morgan fingerprint density at radius 2 is 1.22 bits per heavy atom. The van der Waals surface area contributed by atoms with Gasteiger partial charge in [-0.05, 0) is 36.5 Å². The highest BCUT2D eigenvalue weighted by atomic mass is 19.3. The van der Waals surface area contributed by atoms with Gasteiger partial charge in [0.15, 0.2) is 6.29 Å². The van der Waals surface area contributed by atoms with Gasteiger partial charge in [0.2, 0.25) is 0 Å². The Labute approximate surface area is 164 Å². The molecule has 0 spiro atoms. The van der Waals surface area contributed by atoms with Gasteiger partial charge < -0.3 is 9.47 Å². The zero-order chi connectivity index (χ0) is 19.1. The van der Waals surface area contributed by atoms with Crippen molar-refractivity contribution in [3.8, 4) is 0 Å². The number of rotatable bonds is 7. The lowest BCUT2D eigenvalue weighted by Gasteiger charge is -2.37. The maximum atomic E-state index is 12.3. The molecular weight excluding hydrogens is 346 g/mol. The van der Waals surface area contributed by atoms with E-state index in [1.165, 1.54) is 77.0 Å². The van der Waals surface area contributed by atoms with Crippen LogP contribution in [0.5, 0.6) is 0 Å². The largest absolute Gasteiger partial charge is 0.348 e. The fourth-order valence-corrected chi connectivity index (χ4v) is 5.64. The first-order valence-electron chi connectivity index (χ1n) is 11.4. The van der Waals surface area contributed by atoms with E-state index in [9.17, 15) is 8.78 Å². The van der Waals surface area contributed by atoms with E-state index in [0.717, 1.165) is 23.8 Å². The molecule has 3 rings (SSSR count). The van der Waals surface area contributed by atoms with Gasteiger partial charge in [0.25, 0.3) is 6.08 Å². The maximum Gasteiger partial charge on any atom is 0.271 e. The highest BCUT2D eigenvalue weighted by Crippen LogP contribution is 2.40. The number of halogens is 2. The Hall–Kier alpha value is -0.480. The minimum atomic E-state index is -1.72. The third-order valence-electron chi connectivity index (χ3n) is 7.42. The Balaban J connectivity index is 1.29. The van der Waals surface area contributed by atoms with Gasteiger partial charge in [-0.1, -0.05) is 71.1 Å². The van der Waals surface area contributed by atoms with E-state index in [1.807, 2.05) is 0 Å². The van der Waals surface area contributed by atoms with Crippen molar-refractivity contribution in [2.75, 3.05) is 13.2 Å². The van der Waals surface area contributed by atoms with Crippen LogP contribution in [0.1, 0.15) is 84.0 Å². The third kappa shape index (κ3) is 6.81. The summed E-state index contributed by atoms with van der Waals surface area (Å²) in [6.45, 7) is 3.43. The van der Waals surface area contributed by atoms with Gasteiger partial charge in [-0.15, -0.1) is 0 Å². The molecule has 1 saturated heterocycles. The second kappa shape index (κ2) is 10.9. The van der Waals surface area contributed by atoms with Crippen LogP contribution in [0.4, 0.5) is 8.78 Å². The van der Waals surface area contributed by atoms with E-state index >= 15 is 0 Å². The molecule has 2 nitrogen and oxygen atoms in total. The maximum absolute atomic E-state index is 12.3. The smallest absolute Gasteiger partial charge is 0.271 e. The Morgan fingerprint density at radius 1 is 0.741 bits per heavy atom. The predicted molar refractivity (Wildman–Crippen MR) is 105 cm³/mol. The van der Waals surface area contributed by atoms with E-state index in [-0.39, 0.29) is 0 Å². The lowest BCUT2D eigenvalue weighted by Crippen LogP contribution is -2.36. The molecule has 0 aromatic rings. The SMILES string of the molecule is CCCC1CCC(CCC2CCC(C3COC(C=C(F)F)OC3)CC2)CC1. The van der Waals surface area contributed by atoms with E-state index in [2.05, 4.69) is 6.92 Å². The Kier molecular flexibility index (Phi) is 8.57. The quantitative estimate of drug-likeness (QED) is 0.473. The zero-order valence-corrected chi connectivity index (χ0v) is 17.0. The fraction of sp³-hybridized carbons (Fsp3) is 0.913. The molecule has 0 radical (unpaired) electrons. The summed E-state index contributed by atoms with van der Waals surface area (Å²) in [7, 11) is 0. The lowest BCUT2D eigenvalue weighted by molar-refractivity contribution is -0.186. The van der Waals surface area contributed by atoms with Gasteiger partial charge in [0.1, 0.15) is 0 Å². The molecule has 3 aliphatic rings. The first-order chi connectivity index (χ1) is 13.1. The van der Waals surface area contributed by atoms with Crippen molar-refractivity contribution in [2.24, 2.45) is 29.6 Å². The van der Waals surface area contributed by atoms with Crippen LogP contribution in [0.25, 0.3) is 0 Å². The average Bonchev–Trinajstić information content (AvgIpc) is 2.68. The third-order valence-corrected chi connectivity index (χ3v) is 7.42. The monoisotopic (exact) mass is 384 g/mol. The van der Waals surface area contributed by atoms with Crippen LogP contribution < -0.4 is 0 Å². The predicted octanol–water partition coefficient (Wildman–Crippen LogP) is 6.95. The van der Waals surface area contributed by atoms with Crippen molar-refractivity contribution >= 4 is 0 Å². The number of hydrogen-bond donors (Lipinski definition) is 0. The highest BCUT2D eigenvalue weighted by molar-refractivity contribution is 4.87. The van der Waals surface area contributed by atoms with Crippen molar-refractivity contribution in [3.63, 3.8) is 0 Å². The van der Waals surface area contributed by atoms with Crippen molar-refractivity contribution in [1.29, 1.82) is 0 Å². The van der Waals surface area contributed by atoms with Crippen molar-refractivity contribution in [1.82, 2.24) is 0 Å². The molecular formula is C23H38F2O2. The average molecular weight is 385 g/mol. The number of ether oxygens (including phenoxy) is 2. The second-order valence-corrected chi connectivity index (χ2v) is 9.29. The molecule has 0 unspecified atom stereocenters. The molecule has 0 aromatic carbocycles. The summed E-state index contributed by atoms with van der Waals surface area (Å²) in [5.74, 6) is 3.92. The van der Waals surface area contributed by atoms with Gasteiger partial charge >= 0.3 is 0 Å². The molecule has 0 N–H and O–H groups in total. The molecule has 2 saturated carbocycles. The van der Waals surface area contributed by atoms with Gasteiger partial charge in [-0.3, -0.25) is 0 Å². The van der Waals surface area contributed by atoms with Gasteiger partial charge in [-0.2, -0.15) is 8.78 Å². The molecule has 0 bridgehead atoms. The fourth-order valence-electron chi connectivity index (χ4n) is 5.64. The van der Waals surface area contributed by atoms with Crippen LogP contribution in [0.3, 0.4) is 0 Å². The van der Waals surface area contributed by atoms with Crippen LogP contribution in [0, 0.1) is 29.6 Å². The van der Waals surface area contributed by atoms with E-state index < -0.39 is 12.4 Å². The topological polar surface area (TPSA) is 18.5 Å². The normalized spacial score (nSPS) is 37.7.